The van der Waals surface area contributed by atoms with Crippen LogP contribution < -0.4 is 10.1 Å². The molecule has 0 unspecified atom stereocenters. The van der Waals surface area contributed by atoms with Crippen molar-refractivity contribution in [3.63, 3.8) is 0 Å². The summed E-state index contributed by atoms with van der Waals surface area (Å²) in [6.45, 7) is 4.90. The molecule has 11 heteroatoms. The normalized spacial score (nSPS) is 13.7. The smallest absolute Gasteiger partial charge is 0.299 e. The molecule has 1 aliphatic rings. The lowest BCUT2D eigenvalue weighted by Crippen LogP contribution is -2.25. The zero-order valence-electron chi connectivity index (χ0n) is 22.3. The average Bonchev–Trinajstić information content (AvgIpc) is 3.50. The van der Waals surface area contributed by atoms with Crippen molar-refractivity contribution in [1.29, 1.82) is 5.26 Å². The van der Waals surface area contributed by atoms with Crippen LogP contribution in [0.4, 0.5) is 14.6 Å². The lowest BCUT2D eigenvalue weighted by molar-refractivity contribution is 0.151. The molecule has 9 nitrogen and oxygen atoms in total. The molecule has 5 aromatic rings. The summed E-state index contributed by atoms with van der Waals surface area (Å²) >= 11 is 0. The zero-order chi connectivity index (χ0) is 28.7. The minimum absolute atomic E-state index is 0.119. The predicted octanol–water partition coefficient (Wildman–Crippen LogP) is 5.85. The van der Waals surface area contributed by atoms with Crippen LogP contribution >= 0.6 is 0 Å². The lowest BCUT2D eigenvalue weighted by Gasteiger charge is -2.18. The van der Waals surface area contributed by atoms with E-state index in [9.17, 15) is 19.1 Å². The van der Waals surface area contributed by atoms with Crippen LogP contribution in [0.25, 0.3) is 33.7 Å². The minimum Gasteiger partial charge on any atom is -0.507 e. The summed E-state index contributed by atoms with van der Waals surface area (Å²) < 4.78 is 34.5. The molecule has 0 saturated heterocycles. The summed E-state index contributed by atoms with van der Waals surface area (Å²) in [6, 6.07) is 16.3. The van der Waals surface area contributed by atoms with Gasteiger partial charge in [-0.2, -0.15) is 10.2 Å². The molecule has 6 rings (SSSR count). The number of nitrogens with zero attached hydrogens (tertiary/aromatic N) is 6. The van der Waals surface area contributed by atoms with Crippen LogP contribution in [0.2, 0.25) is 0 Å². The van der Waals surface area contributed by atoms with Crippen LogP contribution in [0.15, 0.2) is 60.9 Å². The molecule has 2 aromatic carbocycles. The highest BCUT2D eigenvalue weighted by Crippen LogP contribution is 2.37. The fourth-order valence-electron chi connectivity index (χ4n) is 4.89. The highest BCUT2D eigenvalue weighted by atomic mass is 19.3. The van der Waals surface area contributed by atoms with Gasteiger partial charge in [-0.3, -0.25) is 9.55 Å². The fourth-order valence-corrected chi connectivity index (χ4v) is 4.89. The second-order valence-electron chi connectivity index (χ2n) is 10.4. The Morgan fingerprint density at radius 1 is 1.10 bits per heavy atom. The number of ether oxygens (including phenoxy) is 1. The van der Waals surface area contributed by atoms with Gasteiger partial charge in [0.05, 0.1) is 17.2 Å². The lowest BCUT2D eigenvalue weighted by atomic mass is 9.99. The van der Waals surface area contributed by atoms with E-state index < -0.39 is 12.0 Å². The number of hydrogen-bond donors (Lipinski definition) is 2. The number of rotatable bonds is 7. The Morgan fingerprint density at radius 2 is 1.95 bits per heavy atom. The molecule has 0 amide bonds. The first-order valence-electron chi connectivity index (χ1n) is 13.0. The molecule has 2 N–H and O–H groups in total. The van der Waals surface area contributed by atoms with Gasteiger partial charge >= 0.3 is 0 Å². The van der Waals surface area contributed by atoms with Gasteiger partial charge in [-0.15, -0.1) is 0 Å². The van der Waals surface area contributed by atoms with E-state index in [0.717, 1.165) is 17.3 Å². The van der Waals surface area contributed by atoms with E-state index in [1.807, 2.05) is 36.6 Å². The first kappa shape index (κ1) is 26.1. The number of phenols is 1. The van der Waals surface area contributed by atoms with Crippen LogP contribution in [0.1, 0.15) is 37.0 Å². The van der Waals surface area contributed by atoms with Crippen LogP contribution in [-0.2, 0) is 12.0 Å². The molecule has 4 heterocycles. The number of pyridine rings is 1. The summed E-state index contributed by atoms with van der Waals surface area (Å²) in [6.07, 6.45) is 0.484. The summed E-state index contributed by atoms with van der Waals surface area (Å²) in [5.41, 5.74) is 3.59. The standard InChI is InChI=1S/C30H25F2N7O2/c1-30(2)16-41-29-36-24-27(37-26(38-28(24)39(29)30)21-12-20(25(31)32)14-34-15-21)35-9-8-17-6-7-23(40)22(11-17)19-5-3-4-18(10-19)13-33/h3-7,10-12,14-15,25,40H,8-9,16H2,1-2H3,(H,35,37,38). The Hall–Kier alpha value is -5.11. The first-order valence-corrected chi connectivity index (χ1v) is 13.0. The average molecular weight is 554 g/mol. The van der Waals surface area contributed by atoms with Crippen LogP contribution in [-0.4, -0.2) is 42.8 Å². The van der Waals surface area contributed by atoms with Crippen molar-refractivity contribution in [2.45, 2.75) is 32.2 Å². The third kappa shape index (κ3) is 4.89. The van der Waals surface area contributed by atoms with Gasteiger partial charge in [0.1, 0.15) is 12.4 Å². The molecule has 0 spiro atoms. The van der Waals surface area contributed by atoms with Gasteiger partial charge in [0.2, 0.25) is 0 Å². The summed E-state index contributed by atoms with van der Waals surface area (Å²) in [5, 5.41) is 23.1. The van der Waals surface area contributed by atoms with E-state index in [-0.39, 0.29) is 17.1 Å². The van der Waals surface area contributed by atoms with Crippen molar-refractivity contribution in [3.8, 4) is 40.3 Å². The molecule has 41 heavy (non-hydrogen) atoms. The molecule has 0 fully saturated rings. The van der Waals surface area contributed by atoms with E-state index in [2.05, 4.69) is 26.3 Å². The number of anilines is 1. The maximum atomic E-state index is 13.4. The summed E-state index contributed by atoms with van der Waals surface area (Å²) in [4.78, 5) is 18.0. The van der Waals surface area contributed by atoms with E-state index in [4.69, 9.17) is 9.72 Å². The SMILES string of the molecule is CC1(C)COc2nc3c(NCCc4ccc(O)c(-c5cccc(C#N)c5)c4)nc(-c4cncc(C(F)F)c4)nc3n21. The van der Waals surface area contributed by atoms with E-state index >= 15 is 0 Å². The highest BCUT2D eigenvalue weighted by Gasteiger charge is 2.36. The molecule has 206 valence electrons. The number of nitrogens with one attached hydrogen (secondary N) is 1. The van der Waals surface area contributed by atoms with Crippen LogP contribution in [0.5, 0.6) is 11.8 Å². The zero-order valence-corrected chi connectivity index (χ0v) is 22.3. The molecule has 0 radical (unpaired) electrons. The first-order chi connectivity index (χ1) is 19.7. The number of alkyl halides is 2. The Morgan fingerprint density at radius 3 is 2.76 bits per heavy atom. The molecule has 0 saturated carbocycles. The molecular weight excluding hydrogens is 528 g/mol. The molecule has 1 aliphatic heterocycles. The number of phenolic OH excluding ortho intramolecular Hbond substituents is 1. The number of hydrogen-bond acceptors (Lipinski definition) is 8. The Bertz CT molecular complexity index is 1830. The van der Waals surface area contributed by atoms with Crippen molar-refractivity contribution < 1.29 is 18.6 Å². The number of fused-ring (bicyclic) bond motifs is 3. The Balaban J connectivity index is 1.33. The minimum atomic E-state index is -2.67. The van der Waals surface area contributed by atoms with Gasteiger partial charge in [-0.25, -0.2) is 18.7 Å². The van der Waals surface area contributed by atoms with Crippen molar-refractivity contribution in [2.24, 2.45) is 0 Å². The maximum Gasteiger partial charge on any atom is 0.299 e. The third-order valence-corrected chi connectivity index (χ3v) is 6.98. The van der Waals surface area contributed by atoms with Gasteiger partial charge in [0.25, 0.3) is 12.4 Å². The van der Waals surface area contributed by atoms with Crippen LogP contribution in [0, 0.1) is 11.3 Å². The molecule has 3 aromatic heterocycles. The van der Waals surface area contributed by atoms with Crippen molar-refractivity contribution in [3.05, 3.63) is 77.6 Å². The molecule has 0 bridgehead atoms. The van der Waals surface area contributed by atoms with E-state index in [1.54, 1.807) is 24.3 Å². The van der Waals surface area contributed by atoms with Gasteiger partial charge in [-0.05, 0) is 61.7 Å². The van der Waals surface area contributed by atoms with Crippen molar-refractivity contribution >= 4 is 17.0 Å². The van der Waals surface area contributed by atoms with Crippen LogP contribution in [0.3, 0.4) is 0 Å². The Labute approximate surface area is 234 Å². The topological polar surface area (TPSA) is 122 Å². The largest absolute Gasteiger partial charge is 0.507 e. The van der Waals surface area contributed by atoms with Crippen molar-refractivity contribution in [1.82, 2.24) is 24.5 Å². The molecular formula is C30H25F2N7O2. The number of imidazole rings is 1. The third-order valence-electron chi connectivity index (χ3n) is 6.98. The molecule has 0 aliphatic carbocycles. The fraction of sp³-hybridized carbons (Fsp3) is 0.233. The van der Waals surface area contributed by atoms with Gasteiger partial charge < -0.3 is 15.2 Å². The highest BCUT2D eigenvalue weighted by molar-refractivity contribution is 5.86. The Kier molecular flexibility index (Phi) is 6.46. The van der Waals surface area contributed by atoms with Crippen molar-refractivity contribution in [2.75, 3.05) is 18.5 Å². The second-order valence-corrected chi connectivity index (χ2v) is 10.4. The summed E-state index contributed by atoms with van der Waals surface area (Å²) in [7, 11) is 0. The maximum absolute atomic E-state index is 13.4. The van der Waals surface area contributed by atoms with E-state index in [1.165, 1.54) is 12.3 Å². The number of aromatic hydroxyl groups is 1. The number of aromatic nitrogens is 5. The molecule has 0 atom stereocenters. The monoisotopic (exact) mass is 553 g/mol. The van der Waals surface area contributed by atoms with Gasteiger partial charge in [0, 0.05) is 35.6 Å². The van der Waals surface area contributed by atoms with E-state index in [0.29, 0.717) is 59.3 Å². The quantitative estimate of drug-likeness (QED) is 0.257. The summed E-state index contributed by atoms with van der Waals surface area (Å²) in [5.74, 6) is 0.799. The second kappa shape index (κ2) is 10.1. The number of halogens is 2. The number of nitriles is 1. The van der Waals surface area contributed by atoms with Gasteiger partial charge in [-0.1, -0.05) is 18.2 Å². The number of benzene rings is 2. The van der Waals surface area contributed by atoms with Gasteiger partial charge in [0.15, 0.2) is 22.8 Å². The predicted molar refractivity (Wildman–Crippen MR) is 149 cm³/mol.